The van der Waals surface area contributed by atoms with E-state index in [1.165, 1.54) is 30.4 Å². The molecule has 1 fully saturated rings. The van der Waals surface area contributed by atoms with Gasteiger partial charge >= 0.3 is 0 Å². The predicted molar refractivity (Wildman–Crippen MR) is 85.2 cm³/mol. The fraction of sp³-hybridized carbons (Fsp3) is 0.667. The smallest absolute Gasteiger partial charge is 0.0665 e. The van der Waals surface area contributed by atoms with Gasteiger partial charge in [-0.05, 0) is 49.3 Å². The molecule has 2 heteroatoms. The lowest BCUT2D eigenvalue weighted by atomic mass is 9.96. The van der Waals surface area contributed by atoms with E-state index in [4.69, 9.17) is 4.74 Å². The Labute approximate surface area is 123 Å². The first-order chi connectivity index (χ1) is 9.70. The van der Waals surface area contributed by atoms with Crippen LogP contribution < -0.4 is 5.32 Å². The highest BCUT2D eigenvalue weighted by Crippen LogP contribution is 2.24. The minimum Gasteiger partial charge on any atom is -0.376 e. The largest absolute Gasteiger partial charge is 0.376 e. The number of nitrogens with one attached hydrogen (secondary N) is 1. The molecule has 2 nitrogen and oxygen atoms in total. The van der Waals surface area contributed by atoms with Crippen molar-refractivity contribution >= 4 is 0 Å². The maximum absolute atomic E-state index is 6.01. The summed E-state index contributed by atoms with van der Waals surface area (Å²) in [5.41, 5.74) is 2.75. The molecule has 20 heavy (non-hydrogen) atoms. The molecule has 1 aliphatic carbocycles. The summed E-state index contributed by atoms with van der Waals surface area (Å²) in [4.78, 5) is 0. The zero-order valence-electron chi connectivity index (χ0n) is 13.2. The molecular formula is C18H29NO. The van der Waals surface area contributed by atoms with Crippen molar-refractivity contribution in [2.45, 2.75) is 64.5 Å². The third-order valence-electron chi connectivity index (χ3n) is 4.20. The zero-order valence-corrected chi connectivity index (χ0v) is 13.2. The molecule has 1 atom stereocenters. The number of rotatable bonds is 8. The average molecular weight is 275 g/mol. The molecule has 1 aromatic carbocycles. The topological polar surface area (TPSA) is 21.3 Å². The van der Waals surface area contributed by atoms with Crippen LogP contribution in [-0.2, 0) is 4.74 Å². The van der Waals surface area contributed by atoms with E-state index in [9.17, 15) is 0 Å². The van der Waals surface area contributed by atoms with Crippen molar-refractivity contribution in [2.24, 2.45) is 0 Å². The second kappa shape index (κ2) is 7.80. The van der Waals surface area contributed by atoms with Gasteiger partial charge in [0.05, 0.1) is 18.8 Å². The Morgan fingerprint density at radius 2 is 1.80 bits per heavy atom. The van der Waals surface area contributed by atoms with Crippen molar-refractivity contribution in [1.82, 2.24) is 5.32 Å². The summed E-state index contributed by atoms with van der Waals surface area (Å²) in [6, 6.07) is 9.35. The van der Waals surface area contributed by atoms with Gasteiger partial charge in [-0.2, -0.15) is 0 Å². The monoisotopic (exact) mass is 275 g/mol. The standard InChI is InChI=1S/C18H29NO/c1-4-12-19-18(13-20-17-6-5-7-17)16-10-8-15(9-11-16)14(2)3/h8-11,14,17-19H,4-7,12-13H2,1-3H3. The molecular weight excluding hydrogens is 246 g/mol. The van der Waals surface area contributed by atoms with Crippen LogP contribution in [0.4, 0.5) is 0 Å². The number of ether oxygens (including phenoxy) is 1. The summed E-state index contributed by atoms with van der Waals surface area (Å²) in [6.07, 6.45) is 5.49. The Morgan fingerprint density at radius 3 is 2.30 bits per heavy atom. The fourth-order valence-electron chi connectivity index (χ4n) is 2.47. The SMILES string of the molecule is CCCNC(COC1CCC1)c1ccc(C(C)C)cc1. The number of hydrogen-bond acceptors (Lipinski definition) is 2. The van der Waals surface area contributed by atoms with Crippen molar-refractivity contribution in [3.63, 3.8) is 0 Å². The number of benzene rings is 1. The minimum atomic E-state index is 0.330. The third kappa shape index (κ3) is 4.32. The van der Waals surface area contributed by atoms with Gasteiger partial charge in [-0.3, -0.25) is 0 Å². The van der Waals surface area contributed by atoms with Gasteiger partial charge in [-0.1, -0.05) is 45.0 Å². The average Bonchev–Trinajstić information content (AvgIpc) is 2.41. The van der Waals surface area contributed by atoms with Crippen LogP contribution in [0.15, 0.2) is 24.3 Å². The highest BCUT2D eigenvalue weighted by Gasteiger charge is 2.20. The van der Waals surface area contributed by atoms with Crippen LogP contribution in [0, 0.1) is 0 Å². The van der Waals surface area contributed by atoms with Gasteiger partial charge in [0.25, 0.3) is 0 Å². The molecule has 0 radical (unpaired) electrons. The summed E-state index contributed by atoms with van der Waals surface area (Å²) < 4.78 is 6.01. The van der Waals surface area contributed by atoms with E-state index in [1.54, 1.807) is 0 Å². The van der Waals surface area contributed by atoms with Gasteiger partial charge in [0.1, 0.15) is 0 Å². The van der Waals surface area contributed by atoms with Crippen LogP contribution in [0.1, 0.15) is 69.5 Å². The van der Waals surface area contributed by atoms with Gasteiger partial charge < -0.3 is 10.1 Å². The first kappa shape index (κ1) is 15.5. The Balaban J connectivity index is 1.96. The zero-order chi connectivity index (χ0) is 14.4. The maximum Gasteiger partial charge on any atom is 0.0665 e. The first-order valence-electron chi connectivity index (χ1n) is 8.15. The lowest BCUT2D eigenvalue weighted by Gasteiger charge is -2.28. The van der Waals surface area contributed by atoms with Gasteiger partial charge in [0.15, 0.2) is 0 Å². The highest BCUT2D eigenvalue weighted by molar-refractivity contribution is 5.27. The fourth-order valence-corrected chi connectivity index (χ4v) is 2.47. The van der Waals surface area contributed by atoms with E-state index < -0.39 is 0 Å². The molecule has 0 aliphatic heterocycles. The van der Waals surface area contributed by atoms with Crippen LogP contribution >= 0.6 is 0 Å². The van der Waals surface area contributed by atoms with Crippen molar-refractivity contribution in [3.8, 4) is 0 Å². The highest BCUT2D eigenvalue weighted by atomic mass is 16.5. The normalized spacial score (nSPS) is 17.2. The maximum atomic E-state index is 6.01. The quantitative estimate of drug-likeness (QED) is 0.758. The summed E-state index contributed by atoms with van der Waals surface area (Å²) >= 11 is 0. The van der Waals surface area contributed by atoms with Crippen molar-refractivity contribution in [1.29, 1.82) is 0 Å². The molecule has 0 aromatic heterocycles. The molecule has 0 saturated heterocycles. The Bertz CT molecular complexity index is 381. The summed E-state index contributed by atoms with van der Waals surface area (Å²) in [7, 11) is 0. The van der Waals surface area contributed by atoms with Crippen molar-refractivity contribution in [3.05, 3.63) is 35.4 Å². The van der Waals surface area contributed by atoms with Gasteiger partial charge in [0.2, 0.25) is 0 Å². The van der Waals surface area contributed by atoms with E-state index in [0.29, 0.717) is 18.1 Å². The molecule has 1 aromatic rings. The molecule has 1 N–H and O–H groups in total. The van der Waals surface area contributed by atoms with E-state index >= 15 is 0 Å². The first-order valence-corrected chi connectivity index (χ1v) is 8.15. The van der Waals surface area contributed by atoms with Crippen LogP contribution in [0.3, 0.4) is 0 Å². The number of hydrogen-bond donors (Lipinski definition) is 1. The Morgan fingerprint density at radius 1 is 1.15 bits per heavy atom. The molecule has 0 bridgehead atoms. The molecule has 1 aliphatic rings. The minimum absolute atomic E-state index is 0.330. The van der Waals surface area contributed by atoms with Gasteiger partial charge in [-0.15, -0.1) is 0 Å². The van der Waals surface area contributed by atoms with E-state index in [-0.39, 0.29) is 0 Å². The molecule has 0 spiro atoms. The van der Waals surface area contributed by atoms with E-state index in [1.807, 2.05) is 0 Å². The lowest BCUT2D eigenvalue weighted by Crippen LogP contribution is -2.30. The van der Waals surface area contributed by atoms with E-state index in [0.717, 1.165) is 19.6 Å². The molecule has 0 amide bonds. The van der Waals surface area contributed by atoms with Crippen LogP contribution in [0.5, 0.6) is 0 Å². The van der Waals surface area contributed by atoms with Crippen molar-refractivity contribution in [2.75, 3.05) is 13.2 Å². The van der Waals surface area contributed by atoms with Gasteiger partial charge in [-0.25, -0.2) is 0 Å². The van der Waals surface area contributed by atoms with Crippen LogP contribution in [-0.4, -0.2) is 19.3 Å². The second-order valence-electron chi connectivity index (χ2n) is 6.21. The van der Waals surface area contributed by atoms with Gasteiger partial charge in [0, 0.05) is 0 Å². The van der Waals surface area contributed by atoms with Crippen LogP contribution in [0.25, 0.3) is 0 Å². The summed E-state index contributed by atoms with van der Waals surface area (Å²) in [5.74, 6) is 0.595. The van der Waals surface area contributed by atoms with E-state index in [2.05, 4.69) is 50.4 Å². The second-order valence-corrected chi connectivity index (χ2v) is 6.21. The molecule has 1 unspecified atom stereocenters. The predicted octanol–water partition coefficient (Wildman–Crippen LogP) is 4.42. The molecule has 0 heterocycles. The Kier molecular flexibility index (Phi) is 6.06. The van der Waals surface area contributed by atoms with Crippen molar-refractivity contribution < 1.29 is 4.74 Å². The third-order valence-corrected chi connectivity index (χ3v) is 4.20. The van der Waals surface area contributed by atoms with Crippen LogP contribution in [0.2, 0.25) is 0 Å². The molecule has 1 saturated carbocycles. The summed E-state index contributed by atoms with van der Waals surface area (Å²) in [5, 5.41) is 3.61. The molecule has 112 valence electrons. The lowest BCUT2D eigenvalue weighted by molar-refractivity contribution is -0.00876. The Hall–Kier alpha value is -0.860. The molecule has 2 rings (SSSR count). The summed E-state index contributed by atoms with van der Waals surface area (Å²) in [6.45, 7) is 8.53.